The zero-order chi connectivity index (χ0) is 26.0. The molecule has 0 fully saturated rings. The van der Waals surface area contributed by atoms with Crippen LogP contribution in [-0.4, -0.2) is 24.6 Å². The van der Waals surface area contributed by atoms with Gasteiger partial charge >= 0.3 is 11.8 Å². The molecule has 4 aromatic heterocycles. The molecule has 0 saturated heterocycles. The fourth-order valence-electron chi connectivity index (χ4n) is 4.73. The summed E-state index contributed by atoms with van der Waals surface area (Å²) < 4.78 is 53.2. The monoisotopic (exact) mass is 513 g/mol. The number of nitrogens with zero attached hydrogens (tertiary/aromatic N) is 5. The highest BCUT2D eigenvalue weighted by atomic mass is 19.4. The summed E-state index contributed by atoms with van der Waals surface area (Å²) in [6.07, 6.45) is -1.48. The number of ether oxygens (including phenoxy) is 1. The van der Waals surface area contributed by atoms with E-state index in [1.807, 2.05) is 0 Å². The third-order valence-corrected chi connectivity index (χ3v) is 6.43. The average Bonchev–Trinajstić information content (AvgIpc) is 3.37. The van der Waals surface area contributed by atoms with Crippen molar-refractivity contribution in [3.8, 4) is 23.1 Å². The van der Waals surface area contributed by atoms with E-state index < -0.39 is 23.3 Å². The van der Waals surface area contributed by atoms with Crippen LogP contribution in [0.3, 0.4) is 0 Å². The summed E-state index contributed by atoms with van der Waals surface area (Å²) in [7, 11) is 0. The Kier molecular flexibility index (Phi) is 4.65. The molecule has 7 rings (SSSR count). The van der Waals surface area contributed by atoms with Gasteiger partial charge in [-0.25, -0.2) is 19.3 Å². The van der Waals surface area contributed by atoms with Gasteiger partial charge in [0.25, 0.3) is 0 Å². The summed E-state index contributed by atoms with van der Waals surface area (Å²) in [5.41, 5.74) is 0.564. The Morgan fingerprint density at radius 2 is 1.68 bits per heavy atom. The predicted molar refractivity (Wildman–Crippen MR) is 129 cm³/mol. The van der Waals surface area contributed by atoms with E-state index in [9.17, 15) is 18.0 Å². The van der Waals surface area contributed by atoms with Crippen molar-refractivity contribution in [1.82, 2.24) is 24.6 Å². The first-order chi connectivity index (χ1) is 18.4. The molecule has 5 heterocycles. The van der Waals surface area contributed by atoms with Crippen molar-refractivity contribution in [2.75, 3.05) is 0 Å². The second kappa shape index (κ2) is 7.97. The maximum absolute atomic E-state index is 13.4. The van der Waals surface area contributed by atoms with Crippen LogP contribution in [0.1, 0.15) is 28.2 Å². The second-order valence-electron chi connectivity index (χ2n) is 8.67. The van der Waals surface area contributed by atoms with Gasteiger partial charge in [0.1, 0.15) is 17.6 Å². The zero-order valence-electron chi connectivity index (χ0n) is 19.2. The van der Waals surface area contributed by atoms with Gasteiger partial charge < -0.3 is 9.15 Å². The van der Waals surface area contributed by atoms with E-state index in [2.05, 4.69) is 20.1 Å². The predicted octanol–water partition coefficient (Wildman–Crippen LogP) is 5.60. The molecule has 0 saturated carbocycles. The van der Waals surface area contributed by atoms with Crippen LogP contribution < -0.4 is 10.4 Å². The second-order valence-corrected chi connectivity index (χ2v) is 8.67. The first-order valence-electron chi connectivity index (χ1n) is 11.5. The van der Waals surface area contributed by atoms with Crippen molar-refractivity contribution in [2.24, 2.45) is 0 Å². The third kappa shape index (κ3) is 3.35. The Morgan fingerprint density at radius 3 is 2.45 bits per heavy atom. The maximum Gasteiger partial charge on any atom is 0.416 e. The molecule has 6 aromatic rings. The minimum absolute atomic E-state index is 0.133. The standard InChI is InChI=1S/C27H14F3N5O3/c28-27(29,30)15-10-8-14(9-11-15)19-20-22(16-5-1-2-7-18(16)37-26(20)36)38-25-21(19)24-33-23(34-35(24)13-32-25)17-6-3-4-12-31-17/h1-13,19H. The van der Waals surface area contributed by atoms with E-state index >= 15 is 0 Å². The van der Waals surface area contributed by atoms with Crippen molar-refractivity contribution < 1.29 is 22.3 Å². The first-order valence-corrected chi connectivity index (χ1v) is 11.5. The number of hydrogen-bond acceptors (Lipinski definition) is 7. The van der Waals surface area contributed by atoms with Crippen LogP contribution in [0.4, 0.5) is 13.2 Å². The third-order valence-electron chi connectivity index (χ3n) is 6.43. The number of para-hydroxylation sites is 1. The molecule has 186 valence electrons. The molecule has 0 bridgehead atoms. The number of aromatic nitrogens is 5. The Labute approximate surface area is 211 Å². The highest BCUT2D eigenvalue weighted by Gasteiger charge is 2.38. The minimum atomic E-state index is -4.52. The Hall–Kier alpha value is -5.06. The van der Waals surface area contributed by atoms with Crippen molar-refractivity contribution in [1.29, 1.82) is 0 Å². The summed E-state index contributed by atoms with van der Waals surface area (Å²) in [5, 5.41) is 5.00. The fraction of sp³-hybridized carbons (Fsp3) is 0.0741. The van der Waals surface area contributed by atoms with Crippen LogP contribution in [-0.2, 0) is 6.18 Å². The van der Waals surface area contributed by atoms with Crippen LogP contribution in [0.2, 0.25) is 0 Å². The van der Waals surface area contributed by atoms with Gasteiger partial charge in [-0.15, -0.1) is 5.10 Å². The average molecular weight is 513 g/mol. The fourth-order valence-corrected chi connectivity index (χ4v) is 4.73. The normalized spacial score (nSPS) is 14.8. The largest absolute Gasteiger partial charge is 0.437 e. The van der Waals surface area contributed by atoms with Crippen molar-refractivity contribution in [3.63, 3.8) is 0 Å². The molecule has 0 N–H and O–H groups in total. The molecule has 38 heavy (non-hydrogen) atoms. The molecular formula is C27H14F3N5O3. The van der Waals surface area contributed by atoms with Crippen LogP contribution in [0.5, 0.6) is 11.6 Å². The van der Waals surface area contributed by atoms with E-state index in [1.165, 1.54) is 23.0 Å². The molecule has 1 aliphatic heterocycles. The van der Waals surface area contributed by atoms with Gasteiger partial charge in [0.15, 0.2) is 11.4 Å². The smallest absolute Gasteiger partial charge is 0.416 e. The zero-order valence-corrected chi connectivity index (χ0v) is 19.2. The van der Waals surface area contributed by atoms with Crippen LogP contribution >= 0.6 is 0 Å². The summed E-state index contributed by atoms with van der Waals surface area (Å²) in [4.78, 5) is 26.7. The molecular weight excluding hydrogens is 499 g/mol. The lowest BCUT2D eigenvalue weighted by atomic mass is 9.84. The molecule has 0 amide bonds. The molecule has 1 unspecified atom stereocenters. The molecule has 0 radical (unpaired) electrons. The Balaban J connectivity index is 1.52. The van der Waals surface area contributed by atoms with Gasteiger partial charge in [0, 0.05) is 6.20 Å². The lowest BCUT2D eigenvalue weighted by molar-refractivity contribution is -0.137. The topological polar surface area (TPSA) is 95.4 Å². The van der Waals surface area contributed by atoms with Gasteiger partial charge in [-0.05, 0) is 42.0 Å². The Morgan fingerprint density at radius 1 is 0.895 bits per heavy atom. The molecule has 8 nitrogen and oxygen atoms in total. The van der Waals surface area contributed by atoms with Crippen molar-refractivity contribution in [2.45, 2.75) is 12.1 Å². The molecule has 0 aliphatic carbocycles. The quantitative estimate of drug-likeness (QED) is 0.278. The van der Waals surface area contributed by atoms with Gasteiger partial charge in [0.2, 0.25) is 11.7 Å². The molecule has 0 spiro atoms. The van der Waals surface area contributed by atoms with Gasteiger partial charge in [-0.3, -0.25) is 4.98 Å². The maximum atomic E-state index is 13.4. The van der Waals surface area contributed by atoms with Crippen LogP contribution in [0.25, 0.3) is 28.1 Å². The van der Waals surface area contributed by atoms with Gasteiger partial charge in [-0.2, -0.15) is 13.2 Å². The molecule has 1 aliphatic rings. The molecule has 1 atom stereocenters. The van der Waals surface area contributed by atoms with E-state index in [-0.39, 0.29) is 17.2 Å². The van der Waals surface area contributed by atoms with Crippen molar-refractivity contribution >= 4 is 16.6 Å². The summed E-state index contributed by atoms with van der Waals surface area (Å²) in [6.45, 7) is 0. The van der Waals surface area contributed by atoms with E-state index in [1.54, 1.807) is 48.7 Å². The SMILES string of the molecule is O=c1oc2ccccc2c2c1C(c1ccc(C(F)(F)F)cc1)c1c(ncn3nc(-c4ccccn4)nc13)O2. The number of halogens is 3. The highest BCUT2D eigenvalue weighted by Crippen LogP contribution is 2.49. The number of alkyl halides is 3. The summed E-state index contributed by atoms with van der Waals surface area (Å²) >= 11 is 0. The van der Waals surface area contributed by atoms with Crippen LogP contribution in [0, 0.1) is 0 Å². The number of fused-ring (bicyclic) bond motifs is 6. The Bertz CT molecular complexity index is 1920. The summed E-state index contributed by atoms with van der Waals surface area (Å²) in [5.74, 6) is -0.196. The van der Waals surface area contributed by atoms with E-state index in [0.29, 0.717) is 39.3 Å². The number of pyridine rings is 1. The number of benzene rings is 2. The first kappa shape index (κ1) is 22.2. The molecule has 11 heteroatoms. The van der Waals surface area contributed by atoms with E-state index in [0.717, 1.165) is 12.1 Å². The number of rotatable bonds is 2. The summed E-state index contributed by atoms with van der Waals surface area (Å²) in [6, 6.07) is 16.8. The van der Waals surface area contributed by atoms with Crippen molar-refractivity contribution in [3.05, 3.63) is 112 Å². The van der Waals surface area contributed by atoms with Crippen LogP contribution in [0.15, 0.2) is 88.5 Å². The molecule has 2 aromatic carbocycles. The van der Waals surface area contributed by atoms with Gasteiger partial charge in [-0.1, -0.05) is 30.3 Å². The van der Waals surface area contributed by atoms with Gasteiger partial charge in [0.05, 0.1) is 28.0 Å². The minimum Gasteiger partial charge on any atom is -0.437 e. The lowest BCUT2D eigenvalue weighted by Gasteiger charge is -2.27. The van der Waals surface area contributed by atoms with E-state index in [4.69, 9.17) is 9.15 Å². The lowest BCUT2D eigenvalue weighted by Crippen LogP contribution is -2.22. The highest BCUT2D eigenvalue weighted by molar-refractivity contribution is 5.86. The number of hydrogen-bond donors (Lipinski definition) is 0.